The molecule has 0 atom stereocenters. The van der Waals surface area contributed by atoms with Crippen LogP contribution in [0.3, 0.4) is 0 Å². The van der Waals surface area contributed by atoms with Crippen LogP contribution in [0.1, 0.15) is 58.8 Å². The molecule has 0 saturated carbocycles. The van der Waals surface area contributed by atoms with Gasteiger partial charge < -0.3 is 28.2 Å². The monoisotopic (exact) mass is 405 g/mol. The topological polar surface area (TPSA) is 106 Å². The van der Waals surface area contributed by atoms with E-state index in [0.717, 1.165) is 25.7 Å². The van der Waals surface area contributed by atoms with Crippen molar-refractivity contribution in [2.75, 3.05) is 34.5 Å². The minimum atomic E-state index is -3.58. The molecule has 0 aromatic rings. The van der Waals surface area contributed by atoms with E-state index in [1.807, 2.05) is 13.8 Å². The zero-order chi connectivity index (χ0) is 20.7. The molecule has 0 aromatic carbocycles. The van der Waals surface area contributed by atoms with Crippen LogP contribution in [0.25, 0.3) is 0 Å². The van der Waals surface area contributed by atoms with Gasteiger partial charge in [-0.2, -0.15) is 0 Å². The lowest BCUT2D eigenvalue weighted by molar-refractivity contribution is -0.142. The van der Waals surface area contributed by atoms with Crippen molar-refractivity contribution >= 4 is 21.0 Å². The Morgan fingerprint density at radius 3 is 1.70 bits per heavy atom. The highest BCUT2D eigenvalue weighted by Crippen LogP contribution is 2.23. The Kier molecular flexibility index (Phi) is 14.1. The van der Waals surface area contributed by atoms with Gasteiger partial charge in [-0.05, 0) is 38.6 Å². The van der Waals surface area contributed by atoms with Gasteiger partial charge in [-0.1, -0.05) is 26.7 Å². The second-order valence-corrected chi connectivity index (χ2v) is 8.37. The van der Waals surface area contributed by atoms with Crippen molar-refractivity contribution in [2.24, 2.45) is 5.73 Å². The van der Waals surface area contributed by atoms with Crippen LogP contribution in [-0.2, 0) is 32.0 Å². The van der Waals surface area contributed by atoms with E-state index in [4.69, 9.17) is 28.2 Å². The summed E-state index contributed by atoms with van der Waals surface area (Å²) in [4.78, 5) is 25.5. The zero-order valence-corrected chi connectivity index (χ0v) is 18.3. The van der Waals surface area contributed by atoms with Gasteiger partial charge in [0.1, 0.15) is 0 Å². The quantitative estimate of drug-likeness (QED) is 0.192. The fourth-order valence-corrected chi connectivity index (χ4v) is 3.45. The average Bonchev–Trinajstić information content (AvgIpc) is 2.68. The Labute approximate surface area is 163 Å². The van der Waals surface area contributed by atoms with Gasteiger partial charge in [0.05, 0.1) is 6.61 Å². The standard InChI is InChI=1S/C18H35NO7Si/c1-6-8-11-15(17(20)25-14-10-13-19)16(12-9-7-2)18(21)26-27(22-3,23-4)24-5/h6-14,19H2,1-5H3/b16-15-. The van der Waals surface area contributed by atoms with Crippen LogP contribution >= 0.6 is 0 Å². The Bertz CT molecular complexity index is 470. The Morgan fingerprint density at radius 1 is 0.815 bits per heavy atom. The SMILES string of the molecule is CCCC/C(C(=O)OCCCN)=C(\CCCC)C(=O)O[Si](OC)(OC)OC. The van der Waals surface area contributed by atoms with Crippen molar-refractivity contribution in [1.29, 1.82) is 0 Å². The lowest BCUT2D eigenvalue weighted by Gasteiger charge is -2.23. The van der Waals surface area contributed by atoms with Crippen LogP contribution in [0.5, 0.6) is 0 Å². The molecule has 0 radical (unpaired) electrons. The van der Waals surface area contributed by atoms with Gasteiger partial charge in [-0.15, -0.1) is 0 Å². The smallest absolute Gasteiger partial charge is 0.462 e. The van der Waals surface area contributed by atoms with Crippen molar-refractivity contribution in [3.8, 4) is 0 Å². The number of unbranched alkanes of at least 4 members (excludes halogenated alkanes) is 2. The van der Waals surface area contributed by atoms with Crippen LogP contribution in [0.4, 0.5) is 0 Å². The van der Waals surface area contributed by atoms with E-state index in [9.17, 15) is 9.59 Å². The number of esters is 1. The molecule has 0 saturated heterocycles. The zero-order valence-electron chi connectivity index (χ0n) is 17.3. The number of hydrogen-bond donors (Lipinski definition) is 1. The molecular weight excluding hydrogens is 370 g/mol. The van der Waals surface area contributed by atoms with Crippen LogP contribution in [0, 0.1) is 0 Å². The normalized spacial score (nSPS) is 12.5. The van der Waals surface area contributed by atoms with Gasteiger partial charge in [0.15, 0.2) is 0 Å². The van der Waals surface area contributed by atoms with Gasteiger partial charge in [0.25, 0.3) is 0 Å². The molecule has 0 unspecified atom stereocenters. The average molecular weight is 406 g/mol. The summed E-state index contributed by atoms with van der Waals surface area (Å²) in [5, 5.41) is 0. The van der Waals surface area contributed by atoms with Crippen LogP contribution in [0.15, 0.2) is 11.1 Å². The molecule has 0 spiro atoms. The number of carbonyl (C=O) groups excluding carboxylic acids is 2. The van der Waals surface area contributed by atoms with Gasteiger partial charge in [-0.3, -0.25) is 0 Å². The van der Waals surface area contributed by atoms with Gasteiger partial charge in [0.2, 0.25) is 0 Å². The molecule has 2 N–H and O–H groups in total. The molecule has 0 heterocycles. The fraction of sp³-hybridized carbons (Fsp3) is 0.778. The predicted molar refractivity (Wildman–Crippen MR) is 104 cm³/mol. The highest BCUT2D eigenvalue weighted by molar-refractivity contribution is 6.55. The van der Waals surface area contributed by atoms with E-state index >= 15 is 0 Å². The Hall–Kier alpha value is -1.26. The molecule has 0 aliphatic heterocycles. The Morgan fingerprint density at radius 2 is 1.30 bits per heavy atom. The van der Waals surface area contributed by atoms with Crippen LogP contribution < -0.4 is 5.73 Å². The van der Waals surface area contributed by atoms with E-state index in [1.54, 1.807) is 0 Å². The van der Waals surface area contributed by atoms with E-state index < -0.39 is 21.0 Å². The molecule has 158 valence electrons. The van der Waals surface area contributed by atoms with Gasteiger partial charge in [-0.25, -0.2) is 9.59 Å². The second-order valence-electron chi connectivity index (χ2n) is 5.94. The third-order valence-corrected chi connectivity index (χ3v) is 5.90. The minimum absolute atomic E-state index is 0.216. The molecule has 0 aliphatic rings. The highest BCUT2D eigenvalue weighted by atomic mass is 28.4. The first-order chi connectivity index (χ1) is 12.9. The lowest BCUT2D eigenvalue weighted by Crippen LogP contribution is -2.48. The molecule has 9 heteroatoms. The van der Waals surface area contributed by atoms with E-state index in [-0.39, 0.29) is 6.61 Å². The van der Waals surface area contributed by atoms with E-state index in [2.05, 4.69) is 0 Å². The summed E-state index contributed by atoms with van der Waals surface area (Å²) in [7, 11) is 0.467. The lowest BCUT2D eigenvalue weighted by atomic mass is 9.98. The first kappa shape index (κ1) is 25.7. The van der Waals surface area contributed by atoms with Crippen LogP contribution in [-0.4, -0.2) is 55.5 Å². The molecule has 0 amide bonds. The van der Waals surface area contributed by atoms with Crippen LogP contribution in [0.2, 0.25) is 0 Å². The summed E-state index contributed by atoms with van der Waals surface area (Å²) in [6, 6.07) is 0. The summed E-state index contributed by atoms with van der Waals surface area (Å²) in [6.07, 6.45) is 4.64. The van der Waals surface area contributed by atoms with E-state index in [1.165, 1.54) is 21.3 Å². The maximum absolute atomic E-state index is 12.9. The van der Waals surface area contributed by atoms with Gasteiger partial charge >= 0.3 is 21.0 Å². The fourth-order valence-electron chi connectivity index (χ4n) is 2.34. The summed E-state index contributed by atoms with van der Waals surface area (Å²) in [5.41, 5.74) is 6.09. The Balaban J connectivity index is 5.75. The van der Waals surface area contributed by atoms with Gasteiger partial charge in [0, 0.05) is 32.5 Å². The molecular formula is C18H35NO7Si. The molecule has 0 bridgehead atoms. The molecule has 8 nitrogen and oxygen atoms in total. The molecule has 0 aliphatic carbocycles. The second kappa shape index (κ2) is 14.8. The predicted octanol–water partition coefficient (Wildman–Crippen LogP) is 2.47. The van der Waals surface area contributed by atoms with Crippen molar-refractivity contribution in [3.05, 3.63) is 11.1 Å². The number of rotatable bonds is 15. The van der Waals surface area contributed by atoms with Crippen molar-refractivity contribution < 1.29 is 32.0 Å². The minimum Gasteiger partial charge on any atom is -0.462 e. The summed E-state index contributed by atoms with van der Waals surface area (Å²) in [5.74, 6) is -1.16. The van der Waals surface area contributed by atoms with E-state index in [0.29, 0.717) is 37.0 Å². The third-order valence-electron chi connectivity index (χ3n) is 3.97. The third kappa shape index (κ3) is 8.98. The first-order valence-electron chi connectivity index (χ1n) is 9.43. The summed E-state index contributed by atoms with van der Waals surface area (Å²) in [6.45, 7) is 4.66. The number of hydrogen-bond acceptors (Lipinski definition) is 8. The van der Waals surface area contributed by atoms with Crippen molar-refractivity contribution in [3.63, 3.8) is 0 Å². The number of ether oxygens (including phenoxy) is 1. The highest BCUT2D eigenvalue weighted by Gasteiger charge is 2.47. The molecule has 0 fully saturated rings. The molecule has 27 heavy (non-hydrogen) atoms. The largest absolute Gasteiger partial charge is 0.751 e. The maximum Gasteiger partial charge on any atom is 0.751 e. The summed E-state index contributed by atoms with van der Waals surface area (Å²) < 4.78 is 26.2. The molecule has 0 aromatic heterocycles. The summed E-state index contributed by atoms with van der Waals surface area (Å²) >= 11 is 0. The molecule has 0 rings (SSSR count). The maximum atomic E-state index is 12.9. The van der Waals surface area contributed by atoms with Crippen molar-refractivity contribution in [2.45, 2.75) is 58.8 Å². The van der Waals surface area contributed by atoms with Crippen molar-refractivity contribution in [1.82, 2.24) is 0 Å². The number of carbonyl (C=O) groups is 2. The first-order valence-corrected chi connectivity index (χ1v) is 11.1. The number of nitrogens with two attached hydrogens (primary N) is 1.